The van der Waals surface area contributed by atoms with Crippen molar-refractivity contribution < 1.29 is 0 Å². The predicted molar refractivity (Wildman–Crippen MR) is 46.2 cm³/mol. The average Bonchev–Trinajstić information content (AvgIpc) is 1.32. The molecular weight excluding hydrogens is 124 g/mol. The summed E-state index contributed by atoms with van der Waals surface area (Å²) in [4.78, 5) is 0. The van der Waals surface area contributed by atoms with Crippen LogP contribution in [0, 0.1) is 0 Å². The van der Waals surface area contributed by atoms with Crippen molar-refractivity contribution in [1.82, 2.24) is 0 Å². The summed E-state index contributed by atoms with van der Waals surface area (Å²) < 4.78 is 0. The van der Waals surface area contributed by atoms with Crippen molar-refractivity contribution in [3.8, 4) is 0 Å². The highest BCUT2D eigenvalue weighted by Crippen LogP contribution is 2.66. The number of thiol groups is 1. The van der Waals surface area contributed by atoms with Crippen molar-refractivity contribution in [2.45, 2.75) is 0 Å². The zero-order valence-corrected chi connectivity index (χ0v) is 7.57. The van der Waals surface area contributed by atoms with Crippen molar-refractivity contribution in [2.75, 3.05) is 31.3 Å². The third-order valence-electron chi connectivity index (χ3n) is 0.730. The molecule has 0 aromatic rings. The van der Waals surface area contributed by atoms with Gasteiger partial charge in [-0.2, -0.15) is 0 Å². The first-order valence-electron chi connectivity index (χ1n) is 2.38. The van der Waals surface area contributed by atoms with Gasteiger partial charge in [0.25, 0.3) is 0 Å². The molecule has 7 heavy (non-hydrogen) atoms. The molecule has 0 unspecified atom stereocenters. The molecule has 0 N–H and O–H groups in total. The third-order valence-corrected chi connectivity index (χ3v) is 6.57. The van der Waals surface area contributed by atoms with Gasteiger partial charge in [0.15, 0.2) is 0 Å². The standard InChI is InChI=1S/C5H16S2/c1-6-7(2,3,4)5/h7H,1-5H3. The second-order valence-electron chi connectivity index (χ2n) is 3.60. The number of hydrogen-bond acceptors (Lipinski definition) is 1. The maximum absolute atomic E-state index is 2.36. The summed E-state index contributed by atoms with van der Waals surface area (Å²) in [5.41, 5.74) is 0. The zero-order chi connectivity index (χ0) is 6.15. The van der Waals surface area contributed by atoms with Crippen LogP contribution in [0.5, 0.6) is 0 Å². The lowest BCUT2D eigenvalue weighted by Crippen LogP contribution is -2.02. The minimum absolute atomic E-state index is 1.16. The van der Waals surface area contributed by atoms with Gasteiger partial charge in [0.1, 0.15) is 0 Å². The summed E-state index contributed by atoms with van der Waals surface area (Å²) >= 11 is 0. The fourth-order valence-electron chi connectivity index (χ4n) is 0. The molecule has 0 aliphatic heterocycles. The van der Waals surface area contributed by atoms with Crippen LogP contribution in [0.15, 0.2) is 0 Å². The second kappa shape index (κ2) is 1.59. The van der Waals surface area contributed by atoms with Crippen molar-refractivity contribution in [3.05, 3.63) is 0 Å². The van der Waals surface area contributed by atoms with Gasteiger partial charge in [0, 0.05) is 0 Å². The van der Waals surface area contributed by atoms with E-state index in [0.29, 0.717) is 0 Å². The summed E-state index contributed by atoms with van der Waals surface area (Å²) in [6.45, 7) is 0. The molecule has 0 radical (unpaired) electrons. The van der Waals surface area contributed by atoms with Crippen molar-refractivity contribution in [2.24, 2.45) is 0 Å². The van der Waals surface area contributed by atoms with Gasteiger partial charge in [-0.05, 0) is 31.3 Å². The molecule has 0 bridgehead atoms. The summed E-state index contributed by atoms with van der Waals surface area (Å²) in [6.07, 6.45) is 11.6. The van der Waals surface area contributed by atoms with E-state index < -0.39 is 8.19 Å². The van der Waals surface area contributed by atoms with Crippen molar-refractivity contribution in [1.29, 1.82) is 0 Å². The normalized spacial score (nSPS) is 18.1. The van der Waals surface area contributed by atoms with Crippen LogP contribution in [0.3, 0.4) is 0 Å². The van der Waals surface area contributed by atoms with E-state index >= 15 is 0 Å². The Balaban J connectivity index is 3.83. The molecule has 0 rings (SSSR count). The molecule has 0 heterocycles. The van der Waals surface area contributed by atoms with E-state index in [1.165, 1.54) is 0 Å². The molecule has 0 spiro atoms. The summed E-state index contributed by atoms with van der Waals surface area (Å²) in [5, 5.41) is 0. The monoisotopic (exact) mass is 140 g/mol. The van der Waals surface area contributed by atoms with Crippen LogP contribution in [0.1, 0.15) is 0 Å². The molecule has 0 saturated heterocycles. The van der Waals surface area contributed by atoms with E-state index in [1.54, 1.807) is 0 Å². The molecule has 0 atom stereocenters. The first-order chi connectivity index (χ1) is 2.81. The van der Waals surface area contributed by atoms with Gasteiger partial charge in [-0.15, -0.1) is 10.8 Å². The van der Waals surface area contributed by atoms with E-state index in [4.69, 9.17) is 0 Å². The minimum Gasteiger partial charge on any atom is -0.256 e. The van der Waals surface area contributed by atoms with E-state index in [-0.39, 0.29) is 0 Å². The zero-order valence-electron chi connectivity index (χ0n) is 5.86. The van der Waals surface area contributed by atoms with Gasteiger partial charge in [0.05, 0.1) is 0 Å². The summed E-state index contributed by atoms with van der Waals surface area (Å²) in [6, 6.07) is 0. The van der Waals surface area contributed by atoms with Crippen LogP contribution in [0.4, 0.5) is 0 Å². The van der Waals surface area contributed by atoms with Gasteiger partial charge in [-0.1, -0.05) is 0 Å². The highest BCUT2D eigenvalue weighted by molar-refractivity contribution is 9.02. The maximum atomic E-state index is 2.36. The Hall–Kier alpha value is 0.700. The van der Waals surface area contributed by atoms with E-state index in [2.05, 4.69) is 31.3 Å². The topological polar surface area (TPSA) is 0 Å². The van der Waals surface area contributed by atoms with Gasteiger partial charge in [-0.25, -0.2) is 0 Å². The highest BCUT2D eigenvalue weighted by Gasteiger charge is 2.14. The van der Waals surface area contributed by atoms with E-state index in [9.17, 15) is 0 Å². The van der Waals surface area contributed by atoms with Crippen LogP contribution in [0.25, 0.3) is 0 Å². The molecule has 0 aromatic heterocycles. The fourth-order valence-corrected chi connectivity index (χ4v) is 0. The Morgan fingerprint density at radius 1 is 1.00 bits per heavy atom. The van der Waals surface area contributed by atoms with Crippen LogP contribution in [-0.4, -0.2) is 31.3 Å². The first-order valence-corrected chi connectivity index (χ1v) is 8.23. The van der Waals surface area contributed by atoms with Crippen LogP contribution in [0.2, 0.25) is 0 Å². The lowest BCUT2D eigenvalue weighted by atomic mass is 11.8. The summed E-state index contributed by atoms with van der Waals surface area (Å²) in [5.74, 6) is 0. The molecule has 0 aliphatic rings. The Morgan fingerprint density at radius 2 is 1.14 bits per heavy atom. The Morgan fingerprint density at radius 3 is 1.14 bits per heavy atom. The second-order valence-corrected chi connectivity index (χ2v) is 16.3. The summed E-state index contributed by atoms with van der Waals surface area (Å²) in [7, 11) is 0.856. The lowest BCUT2D eigenvalue weighted by molar-refractivity contribution is 2.01. The minimum atomic E-state index is -1.16. The molecule has 0 saturated carbocycles. The number of hydrogen-bond donors (Lipinski definition) is 1. The van der Waals surface area contributed by atoms with Crippen LogP contribution < -0.4 is 0 Å². The van der Waals surface area contributed by atoms with E-state index in [1.807, 2.05) is 10.8 Å². The average molecular weight is 140 g/mol. The molecule has 0 amide bonds. The Bertz CT molecular complexity index is 58.6. The molecule has 48 valence electrons. The quantitative estimate of drug-likeness (QED) is 0.428. The molecular formula is C5H16S2. The van der Waals surface area contributed by atoms with Gasteiger partial charge in [-0.3, -0.25) is 8.19 Å². The third kappa shape index (κ3) is 6.70. The highest BCUT2D eigenvalue weighted by atomic mass is 33.2. The van der Waals surface area contributed by atoms with Crippen LogP contribution in [-0.2, 0) is 0 Å². The molecule has 0 aromatic carbocycles. The first kappa shape index (κ1) is 7.70. The van der Waals surface area contributed by atoms with Crippen molar-refractivity contribution in [3.63, 3.8) is 0 Å². The molecule has 0 aliphatic carbocycles. The smallest absolute Gasteiger partial charge is 0.0109 e. The lowest BCUT2D eigenvalue weighted by Gasteiger charge is -2.44. The van der Waals surface area contributed by atoms with Crippen LogP contribution >= 0.6 is 19.0 Å². The molecule has 2 heteroatoms. The van der Waals surface area contributed by atoms with Gasteiger partial charge < -0.3 is 0 Å². The van der Waals surface area contributed by atoms with Crippen molar-refractivity contribution >= 4 is 19.0 Å². The van der Waals surface area contributed by atoms with Gasteiger partial charge >= 0.3 is 0 Å². The van der Waals surface area contributed by atoms with E-state index in [0.717, 1.165) is 0 Å². The predicted octanol–water partition coefficient (Wildman–Crippen LogP) is 1.86. The fraction of sp³-hybridized carbons (Fsp3) is 1.00. The van der Waals surface area contributed by atoms with Gasteiger partial charge in [0.2, 0.25) is 0 Å². The Kier molecular flexibility index (Phi) is 1.75. The number of rotatable bonds is 1. The molecule has 0 fully saturated rings. The Labute approximate surface area is 50.7 Å². The molecule has 0 nitrogen and oxygen atoms in total. The SMILES string of the molecule is CS[SH](C)(C)(C)C. The largest absolute Gasteiger partial charge is 0.256 e. The maximum Gasteiger partial charge on any atom is -0.0109 e.